The van der Waals surface area contributed by atoms with Crippen LogP contribution in [-0.4, -0.2) is 27.4 Å². The average Bonchev–Trinajstić information content (AvgIpc) is 3.42. The van der Waals surface area contributed by atoms with Gasteiger partial charge in [-0.25, -0.2) is 0 Å². The van der Waals surface area contributed by atoms with Crippen LogP contribution in [0.25, 0.3) is 22.6 Å². The van der Waals surface area contributed by atoms with Crippen LogP contribution in [0.4, 0.5) is 0 Å². The van der Waals surface area contributed by atoms with Gasteiger partial charge in [-0.3, -0.25) is 9.48 Å². The highest BCUT2D eigenvalue weighted by molar-refractivity contribution is 5.92. The van der Waals surface area contributed by atoms with Gasteiger partial charge in [-0.1, -0.05) is 5.16 Å². The molecule has 0 unspecified atom stereocenters. The maximum Gasteiger partial charge on any atom is 0.273 e. The number of rotatable bonds is 6. The van der Waals surface area contributed by atoms with Crippen molar-refractivity contribution in [3.05, 3.63) is 61.1 Å². The number of amides is 1. The molecule has 0 radical (unpaired) electrons. The van der Waals surface area contributed by atoms with Crippen LogP contribution < -0.4 is 5.32 Å². The Balaban J connectivity index is 1.32. The van der Waals surface area contributed by atoms with Gasteiger partial charge in [0.05, 0.1) is 31.5 Å². The van der Waals surface area contributed by atoms with Crippen molar-refractivity contribution < 1.29 is 18.2 Å². The molecule has 0 fully saturated rings. The largest absolute Gasteiger partial charge is 0.472 e. The lowest BCUT2D eigenvalue weighted by molar-refractivity contribution is 0.0943. The summed E-state index contributed by atoms with van der Waals surface area (Å²) in [4.78, 5) is 12.1. The van der Waals surface area contributed by atoms with E-state index >= 15 is 0 Å². The molecule has 4 rings (SSSR count). The molecule has 1 N–H and O–H groups in total. The first-order valence-electron chi connectivity index (χ1n) is 7.63. The lowest BCUT2D eigenvalue weighted by Gasteiger charge is -2.02. The second-order valence-electron chi connectivity index (χ2n) is 5.31. The molecule has 0 aliphatic rings. The van der Waals surface area contributed by atoms with Crippen LogP contribution in [0, 0.1) is 0 Å². The summed E-state index contributed by atoms with van der Waals surface area (Å²) in [5, 5.41) is 10.8. The SMILES string of the molecule is O=C(NCCn1cc(-c2ccoc2)cn1)c1cc(-c2ccco2)on1. The van der Waals surface area contributed by atoms with Gasteiger partial charge in [0.1, 0.15) is 0 Å². The van der Waals surface area contributed by atoms with Gasteiger partial charge in [-0.2, -0.15) is 5.10 Å². The Labute approximate surface area is 142 Å². The van der Waals surface area contributed by atoms with Gasteiger partial charge >= 0.3 is 0 Å². The average molecular weight is 338 g/mol. The minimum atomic E-state index is -0.316. The molecule has 0 aliphatic heterocycles. The van der Waals surface area contributed by atoms with Crippen molar-refractivity contribution >= 4 is 5.91 Å². The fourth-order valence-electron chi connectivity index (χ4n) is 2.36. The molecule has 0 saturated heterocycles. The molecule has 4 aromatic heterocycles. The molecule has 0 atom stereocenters. The lowest BCUT2D eigenvalue weighted by Crippen LogP contribution is -2.27. The predicted octanol–water partition coefficient (Wildman–Crippen LogP) is 2.82. The number of furan rings is 2. The normalized spacial score (nSPS) is 10.9. The fraction of sp³-hybridized carbons (Fsp3) is 0.118. The van der Waals surface area contributed by atoms with Crippen LogP contribution in [0.2, 0.25) is 0 Å². The Morgan fingerprint density at radius 2 is 2.16 bits per heavy atom. The number of hydrogen-bond donors (Lipinski definition) is 1. The molecule has 4 aromatic rings. The van der Waals surface area contributed by atoms with E-state index in [1.54, 1.807) is 41.6 Å². The zero-order valence-corrected chi connectivity index (χ0v) is 13.1. The fourth-order valence-corrected chi connectivity index (χ4v) is 2.36. The van der Waals surface area contributed by atoms with E-state index in [1.807, 2.05) is 12.3 Å². The van der Waals surface area contributed by atoms with E-state index in [4.69, 9.17) is 13.4 Å². The quantitative estimate of drug-likeness (QED) is 0.580. The Hall–Kier alpha value is -3.55. The molecule has 126 valence electrons. The highest BCUT2D eigenvalue weighted by atomic mass is 16.5. The standard InChI is InChI=1S/C17H14N4O4/c22-17(14-8-16(25-20-14)15-2-1-6-24-15)18-4-5-21-10-13(9-19-21)12-3-7-23-11-12/h1-3,6-11H,4-5H2,(H,18,22). The molecular formula is C17H14N4O4. The summed E-state index contributed by atoms with van der Waals surface area (Å²) < 4.78 is 17.1. The van der Waals surface area contributed by atoms with Gasteiger partial charge in [0.2, 0.25) is 5.76 Å². The first kappa shape index (κ1) is 15.0. The van der Waals surface area contributed by atoms with Crippen molar-refractivity contribution in [2.45, 2.75) is 6.54 Å². The highest BCUT2D eigenvalue weighted by Gasteiger charge is 2.14. The predicted molar refractivity (Wildman–Crippen MR) is 86.5 cm³/mol. The second-order valence-corrected chi connectivity index (χ2v) is 5.31. The summed E-state index contributed by atoms with van der Waals surface area (Å²) >= 11 is 0. The molecule has 0 aromatic carbocycles. The van der Waals surface area contributed by atoms with Crippen molar-refractivity contribution in [2.24, 2.45) is 0 Å². The van der Waals surface area contributed by atoms with Crippen LogP contribution in [0.5, 0.6) is 0 Å². The van der Waals surface area contributed by atoms with Crippen LogP contribution >= 0.6 is 0 Å². The number of carbonyl (C=O) groups excluding carboxylic acids is 1. The number of nitrogens with one attached hydrogen (secondary N) is 1. The van der Waals surface area contributed by atoms with Gasteiger partial charge in [-0.05, 0) is 18.2 Å². The molecular weight excluding hydrogens is 324 g/mol. The van der Waals surface area contributed by atoms with Gasteiger partial charge in [-0.15, -0.1) is 0 Å². The van der Waals surface area contributed by atoms with E-state index in [9.17, 15) is 4.79 Å². The zero-order valence-electron chi connectivity index (χ0n) is 13.1. The van der Waals surface area contributed by atoms with Crippen molar-refractivity contribution in [1.29, 1.82) is 0 Å². The van der Waals surface area contributed by atoms with E-state index in [2.05, 4.69) is 15.6 Å². The number of hydrogen-bond acceptors (Lipinski definition) is 6. The van der Waals surface area contributed by atoms with Gasteiger partial charge in [0.15, 0.2) is 11.5 Å². The van der Waals surface area contributed by atoms with Crippen molar-refractivity contribution in [3.63, 3.8) is 0 Å². The van der Waals surface area contributed by atoms with E-state index in [1.165, 1.54) is 6.26 Å². The number of carbonyl (C=O) groups is 1. The molecule has 0 bridgehead atoms. The first-order valence-corrected chi connectivity index (χ1v) is 7.63. The minimum Gasteiger partial charge on any atom is -0.472 e. The third-order valence-electron chi connectivity index (χ3n) is 3.62. The third kappa shape index (κ3) is 3.23. The van der Waals surface area contributed by atoms with Crippen LogP contribution in [-0.2, 0) is 6.54 Å². The number of aromatic nitrogens is 3. The Morgan fingerprint density at radius 3 is 2.96 bits per heavy atom. The van der Waals surface area contributed by atoms with E-state index in [-0.39, 0.29) is 11.6 Å². The molecule has 0 aliphatic carbocycles. The summed E-state index contributed by atoms with van der Waals surface area (Å²) in [7, 11) is 0. The monoisotopic (exact) mass is 338 g/mol. The van der Waals surface area contributed by atoms with Crippen molar-refractivity contribution in [3.8, 4) is 22.6 Å². The molecule has 4 heterocycles. The molecule has 8 heteroatoms. The van der Waals surface area contributed by atoms with Gasteiger partial charge < -0.3 is 18.7 Å². The maximum absolute atomic E-state index is 12.1. The summed E-state index contributed by atoms with van der Waals surface area (Å²) in [6.07, 6.45) is 8.44. The summed E-state index contributed by atoms with van der Waals surface area (Å²) in [5.74, 6) is 0.616. The van der Waals surface area contributed by atoms with Crippen molar-refractivity contribution in [2.75, 3.05) is 6.54 Å². The van der Waals surface area contributed by atoms with Crippen molar-refractivity contribution in [1.82, 2.24) is 20.3 Å². The lowest BCUT2D eigenvalue weighted by atomic mass is 10.2. The third-order valence-corrected chi connectivity index (χ3v) is 3.62. The number of nitrogens with zero attached hydrogens (tertiary/aromatic N) is 3. The zero-order chi connectivity index (χ0) is 17.1. The van der Waals surface area contributed by atoms with Crippen LogP contribution in [0.3, 0.4) is 0 Å². The summed E-state index contributed by atoms with van der Waals surface area (Å²) in [5.41, 5.74) is 2.12. The smallest absolute Gasteiger partial charge is 0.273 e. The van der Waals surface area contributed by atoms with Crippen LogP contribution in [0.15, 0.2) is 68.8 Å². The summed E-state index contributed by atoms with van der Waals surface area (Å²) in [6.45, 7) is 0.945. The maximum atomic E-state index is 12.1. The van der Waals surface area contributed by atoms with Crippen LogP contribution in [0.1, 0.15) is 10.5 Å². The summed E-state index contributed by atoms with van der Waals surface area (Å²) in [6, 6.07) is 6.88. The molecule has 1 amide bonds. The topological polar surface area (TPSA) is 99.2 Å². The van der Waals surface area contributed by atoms with E-state index in [0.29, 0.717) is 24.6 Å². The van der Waals surface area contributed by atoms with Gasteiger partial charge in [0, 0.05) is 29.9 Å². The minimum absolute atomic E-state index is 0.200. The van der Waals surface area contributed by atoms with E-state index < -0.39 is 0 Å². The Morgan fingerprint density at radius 1 is 1.20 bits per heavy atom. The van der Waals surface area contributed by atoms with E-state index in [0.717, 1.165) is 11.1 Å². The first-order chi connectivity index (χ1) is 12.3. The molecule has 0 spiro atoms. The molecule has 25 heavy (non-hydrogen) atoms. The molecule has 8 nitrogen and oxygen atoms in total. The molecule has 0 saturated carbocycles. The Kier molecular flexibility index (Phi) is 3.91. The van der Waals surface area contributed by atoms with Gasteiger partial charge in [0.25, 0.3) is 5.91 Å². The Bertz CT molecular complexity index is 951. The highest BCUT2D eigenvalue weighted by Crippen LogP contribution is 2.20. The second kappa shape index (κ2) is 6.52.